The van der Waals surface area contributed by atoms with E-state index in [0.29, 0.717) is 24.5 Å². The molecule has 1 N–H and O–H groups in total. The molecule has 0 unspecified atom stereocenters. The van der Waals surface area contributed by atoms with Crippen molar-refractivity contribution in [2.45, 2.75) is 77.9 Å². The first-order valence-corrected chi connectivity index (χ1v) is 8.41. The number of imide groups is 1. The third kappa shape index (κ3) is 7.64. The van der Waals surface area contributed by atoms with E-state index >= 15 is 0 Å². The number of rotatable bonds is 9. The predicted octanol–water partition coefficient (Wildman–Crippen LogP) is 1.47. The van der Waals surface area contributed by atoms with Crippen LogP contribution in [-0.4, -0.2) is 46.5 Å². The number of hydrogen-bond acceptors (Lipinski definition) is 6. The Labute approximate surface area is 148 Å². The van der Waals surface area contributed by atoms with Gasteiger partial charge in [-0.3, -0.25) is 14.4 Å². The van der Waals surface area contributed by atoms with Crippen LogP contribution >= 0.6 is 0 Å². The van der Waals surface area contributed by atoms with Gasteiger partial charge in [0.05, 0.1) is 12.0 Å². The van der Waals surface area contributed by atoms with Gasteiger partial charge in [0.25, 0.3) is 11.8 Å². The maximum Gasteiger partial charge on any atom is 0.333 e. The van der Waals surface area contributed by atoms with E-state index in [9.17, 15) is 19.2 Å². The zero-order valence-corrected chi connectivity index (χ0v) is 15.6. The molecule has 0 bridgehead atoms. The van der Waals surface area contributed by atoms with Gasteiger partial charge >= 0.3 is 5.97 Å². The van der Waals surface area contributed by atoms with E-state index < -0.39 is 23.4 Å². The van der Waals surface area contributed by atoms with Gasteiger partial charge < -0.3 is 14.9 Å². The van der Waals surface area contributed by atoms with Crippen LogP contribution in [-0.2, 0) is 28.8 Å². The zero-order valence-electron chi connectivity index (χ0n) is 15.6. The van der Waals surface area contributed by atoms with Gasteiger partial charge in [-0.1, -0.05) is 0 Å². The fourth-order valence-corrected chi connectivity index (χ4v) is 2.40. The predicted molar refractivity (Wildman–Crippen MR) is 89.0 cm³/mol. The highest BCUT2D eigenvalue weighted by atomic mass is 16.7. The van der Waals surface area contributed by atoms with Crippen molar-refractivity contribution in [2.24, 2.45) is 0 Å². The van der Waals surface area contributed by atoms with Crippen LogP contribution < -0.4 is 5.32 Å². The monoisotopic (exact) mass is 356 g/mol. The van der Waals surface area contributed by atoms with Crippen LogP contribution in [0.4, 0.5) is 0 Å². The third-order valence-electron chi connectivity index (χ3n) is 3.86. The standard InChI is InChI=1S/C17H28N2O6/c1-12(20)18-16(2,3)10-11-24-17(4,5)9-8-15(23)25-19-13(21)6-7-14(19)22/h6-11H2,1-5H3,(H,18,20). The largest absolute Gasteiger partial charge is 0.375 e. The number of carbonyl (C=O) groups is 4. The van der Waals surface area contributed by atoms with Crippen molar-refractivity contribution in [3.63, 3.8) is 0 Å². The summed E-state index contributed by atoms with van der Waals surface area (Å²) in [5.74, 6) is -1.72. The Hall–Kier alpha value is -1.96. The molecular weight excluding hydrogens is 328 g/mol. The molecule has 1 saturated heterocycles. The Bertz CT molecular complexity index is 525. The van der Waals surface area contributed by atoms with Crippen molar-refractivity contribution in [2.75, 3.05) is 6.61 Å². The second-order valence-electron chi connectivity index (χ2n) is 7.47. The molecule has 0 aliphatic carbocycles. The average molecular weight is 356 g/mol. The second-order valence-corrected chi connectivity index (χ2v) is 7.47. The summed E-state index contributed by atoms with van der Waals surface area (Å²) in [6.45, 7) is 9.39. The number of nitrogens with zero attached hydrogens (tertiary/aromatic N) is 1. The molecule has 8 nitrogen and oxygen atoms in total. The minimum absolute atomic E-state index is 0.0269. The minimum Gasteiger partial charge on any atom is -0.375 e. The normalized spacial score (nSPS) is 15.5. The van der Waals surface area contributed by atoms with Crippen LogP contribution in [0, 0.1) is 0 Å². The third-order valence-corrected chi connectivity index (χ3v) is 3.86. The highest BCUT2D eigenvalue weighted by molar-refractivity contribution is 6.01. The first-order chi connectivity index (χ1) is 11.4. The lowest BCUT2D eigenvalue weighted by molar-refractivity contribution is -0.198. The fourth-order valence-electron chi connectivity index (χ4n) is 2.40. The maximum atomic E-state index is 11.8. The smallest absolute Gasteiger partial charge is 0.333 e. The molecule has 0 saturated carbocycles. The lowest BCUT2D eigenvalue weighted by atomic mass is 10.00. The molecule has 8 heteroatoms. The summed E-state index contributed by atoms with van der Waals surface area (Å²) >= 11 is 0. The van der Waals surface area contributed by atoms with Crippen LogP contribution in [0.15, 0.2) is 0 Å². The molecule has 1 aliphatic rings. The highest BCUT2D eigenvalue weighted by Crippen LogP contribution is 2.20. The van der Waals surface area contributed by atoms with Gasteiger partial charge in [0.2, 0.25) is 5.91 Å². The van der Waals surface area contributed by atoms with Gasteiger partial charge in [0.15, 0.2) is 0 Å². The zero-order chi connectivity index (χ0) is 19.3. The summed E-state index contributed by atoms with van der Waals surface area (Å²) in [5, 5.41) is 3.39. The molecule has 1 aliphatic heterocycles. The lowest BCUT2D eigenvalue weighted by Crippen LogP contribution is -2.43. The van der Waals surface area contributed by atoms with Gasteiger partial charge in [-0.25, -0.2) is 4.79 Å². The van der Waals surface area contributed by atoms with Crippen LogP contribution in [0.3, 0.4) is 0 Å². The van der Waals surface area contributed by atoms with Crippen molar-refractivity contribution >= 4 is 23.7 Å². The molecule has 0 aromatic rings. The number of hydroxylamine groups is 2. The summed E-state index contributed by atoms with van der Waals surface area (Å²) in [4.78, 5) is 50.6. The molecule has 142 valence electrons. The number of amides is 3. The molecule has 0 aromatic heterocycles. The van der Waals surface area contributed by atoms with Crippen molar-refractivity contribution in [3.05, 3.63) is 0 Å². The number of ether oxygens (including phenoxy) is 1. The topological polar surface area (TPSA) is 102 Å². The Morgan fingerprint density at radius 1 is 1.08 bits per heavy atom. The van der Waals surface area contributed by atoms with E-state index in [0.717, 1.165) is 0 Å². The Balaban J connectivity index is 2.34. The molecule has 1 heterocycles. The number of carbonyl (C=O) groups excluding carboxylic acids is 4. The lowest BCUT2D eigenvalue weighted by Gasteiger charge is -2.30. The SMILES string of the molecule is CC(=O)NC(C)(C)CCOC(C)(C)CCC(=O)ON1C(=O)CCC1=O. The summed E-state index contributed by atoms with van der Waals surface area (Å²) in [6, 6.07) is 0. The molecule has 3 amide bonds. The van der Waals surface area contributed by atoms with Crippen LogP contribution in [0.1, 0.15) is 66.7 Å². The summed E-state index contributed by atoms with van der Waals surface area (Å²) < 4.78 is 5.80. The van der Waals surface area contributed by atoms with E-state index in [4.69, 9.17) is 9.57 Å². The molecular formula is C17H28N2O6. The van der Waals surface area contributed by atoms with Crippen LogP contribution in [0.25, 0.3) is 0 Å². The van der Waals surface area contributed by atoms with Crippen molar-refractivity contribution < 1.29 is 28.8 Å². The maximum absolute atomic E-state index is 11.8. The first kappa shape index (κ1) is 21.1. The average Bonchev–Trinajstić information content (AvgIpc) is 2.75. The van der Waals surface area contributed by atoms with E-state index in [1.165, 1.54) is 6.92 Å². The summed E-state index contributed by atoms with van der Waals surface area (Å²) in [6.07, 6.45) is 1.18. The van der Waals surface area contributed by atoms with E-state index in [1.54, 1.807) is 0 Å². The first-order valence-electron chi connectivity index (χ1n) is 8.41. The Kier molecular flexibility index (Phi) is 7.10. The molecule has 0 spiro atoms. The summed E-state index contributed by atoms with van der Waals surface area (Å²) in [5.41, 5.74) is -0.957. The minimum atomic E-state index is -0.640. The second kappa shape index (κ2) is 8.42. The van der Waals surface area contributed by atoms with E-state index in [1.807, 2.05) is 27.7 Å². The quantitative estimate of drug-likeness (QED) is 0.628. The number of hydrogen-bond donors (Lipinski definition) is 1. The fraction of sp³-hybridized carbons (Fsp3) is 0.765. The van der Waals surface area contributed by atoms with Crippen LogP contribution in [0.2, 0.25) is 0 Å². The molecule has 0 atom stereocenters. The van der Waals surface area contributed by atoms with Crippen molar-refractivity contribution in [3.8, 4) is 0 Å². The summed E-state index contributed by atoms with van der Waals surface area (Å²) in [7, 11) is 0. The van der Waals surface area contributed by atoms with E-state index in [2.05, 4.69) is 5.32 Å². The van der Waals surface area contributed by atoms with Gasteiger partial charge in [-0.15, -0.1) is 5.06 Å². The molecule has 1 fully saturated rings. The van der Waals surface area contributed by atoms with Gasteiger partial charge in [0, 0.05) is 31.9 Å². The highest BCUT2D eigenvalue weighted by Gasteiger charge is 2.33. The van der Waals surface area contributed by atoms with Gasteiger partial charge in [-0.05, 0) is 40.5 Å². The van der Waals surface area contributed by atoms with Crippen molar-refractivity contribution in [1.29, 1.82) is 0 Å². The van der Waals surface area contributed by atoms with Gasteiger partial charge in [0.1, 0.15) is 0 Å². The Morgan fingerprint density at radius 2 is 1.64 bits per heavy atom. The van der Waals surface area contributed by atoms with E-state index in [-0.39, 0.29) is 30.7 Å². The Morgan fingerprint density at radius 3 is 2.16 bits per heavy atom. The molecule has 25 heavy (non-hydrogen) atoms. The molecule has 0 radical (unpaired) electrons. The molecule has 1 rings (SSSR count). The van der Waals surface area contributed by atoms with Crippen LogP contribution in [0.5, 0.6) is 0 Å². The van der Waals surface area contributed by atoms with Gasteiger partial charge in [-0.2, -0.15) is 0 Å². The number of nitrogens with one attached hydrogen (secondary N) is 1. The van der Waals surface area contributed by atoms with Crippen molar-refractivity contribution in [1.82, 2.24) is 10.4 Å². The molecule has 0 aromatic carbocycles.